The van der Waals surface area contributed by atoms with Crippen LogP contribution in [0.3, 0.4) is 0 Å². The molecule has 0 aromatic heterocycles. The van der Waals surface area contributed by atoms with Crippen molar-refractivity contribution in [1.29, 1.82) is 0 Å². The number of hydrogen-bond acceptors (Lipinski definition) is 6. The molecular weight excluding hydrogens is 781 g/mol. The van der Waals surface area contributed by atoms with Crippen LogP contribution in [-0.4, -0.2) is 37.2 Å². The van der Waals surface area contributed by atoms with E-state index in [1.807, 2.05) is 0 Å². The molecule has 0 bridgehead atoms. The van der Waals surface area contributed by atoms with Gasteiger partial charge < -0.3 is 14.2 Å². The van der Waals surface area contributed by atoms with E-state index in [1.165, 1.54) is 116 Å². The number of allylic oxidation sites excluding steroid dienone is 10. The second kappa shape index (κ2) is 51.7. The molecule has 0 amide bonds. The van der Waals surface area contributed by atoms with Gasteiger partial charge in [-0.3, -0.25) is 14.4 Å². The van der Waals surface area contributed by atoms with Crippen molar-refractivity contribution < 1.29 is 28.6 Å². The fourth-order valence-corrected chi connectivity index (χ4v) is 7.53. The Bertz CT molecular complexity index is 1150. The van der Waals surface area contributed by atoms with E-state index in [4.69, 9.17) is 14.2 Å². The second-order valence-corrected chi connectivity index (χ2v) is 17.8. The summed E-state index contributed by atoms with van der Waals surface area (Å²) in [6.45, 7) is 6.51. The number of hydrogen-bond donors (Lipinski definition) is 0. The highest BCUT2D eigenvalue weighted by atomic mass is 16.6. The zero-order valence-corrected chi connectivity index (χ0v) is 41.6. The lowest BCUT2D eigenvalue weighted by molar-refractivity contribution is -0.167. The highest BCUT2D eigenvalue weighted by molar-refractivity contribution is 5.71. The molecule has 0 aliphatic rings. The maximum absolute atomic E-state index is 12.8. The SMILES string of the molecule is CC/C=C\C/C=C\C/C=C\C/C=C\C/C=C\CCCCCCCC(=O)OCC(COC(=O)CCCCCCCCCCC)OC(=O)CCCCCCCCCCCCCCCCC. The molecule has 6 nitrogen and oxygen atoms in total. The normalized spacial score (nSPS) is 12.5. The van der Waals surface area contributed by atoms with Crippen LogP contribution < -0.4 is 0 Å². The summed E-state index contributed by atoms with van der Waals surface area (Å²) in [6, 6.07) is 0. The van der Waals surface area contributed by atoms with Crippen molar-refractivity contribution >= 4 is 17.9 Å². The van der Waals surface area contributed by atoms with E-state index < -0.39 is 6.10 Å². The molecule has 6 heteroatoms. The Morgan fingerprint density at radius 3 is 0.968 bits per heavy atom. The fourth-order valence-electron chi connectivity index (χ4n) is 7.53. The van der Waals surface area contributed by atoms with E-state index in [1.54, 1.807) is 0 Å². The standard InChI is InChI=1S/C57H100O6/c1-4-7-10-13-16-19-21-23-25-26-27-28-29-30-32-33-35-38-41-44-47-50-56(59)62-53-54(52-61-55(58)49-46-43-40-37-18-15-12-9-6-3)63-57(60)51-48-45-42-39-36-34-31-24-22-20-17-14-11-8-5-2/h7,10,16,19,23,25,27-28,30,32,54H,4-6,8-9,11-15,17-18,20-22,24,26,29,31,33-53H2,1-3H3/b10-7-,19-16-,25-23-,28-27-,32-30-. The molecule has 63 heavy (non-hydrogen) atoms. The van der Waals surface area contributed by atoms with Gasteiger partial charge in [-0.2, -0.15) is 0 Å². The summed E-state index contributed by atoms with van der Waals surface area (Å²) in [6.07, 6.45) is 63.5. The molecule has 0 heterocycles. The molecule has 0 N–H and O–H groups in total. The largest absolute Gasteiger partial charge is 0.462 e. The molecule has 0 rings (SSSR count). The number of rotatable bonds is 48. The van der Waals surface area contributed by atoms with Gasteiger partial charge in [-0.25, -0.2) is 0 Å². The molecule has 0 saturated carbocycles. The number of carbonyl (C=O) groups excluding carboxylic acids is 3. The molecule has 0 spiro atoms. The first kappa shape index (κ1) is 60.1. The van der Waals surface area contributed by atoms with Crippen LogP contribution in [0.25, 0.3) is 0 Å². The summed E-state index contributed by atoms with van der Waals surface area (Å²) in [4.78, 5) is 37.9. The summed E-state index contributed by atoms with van der Waals surface area (Å²) in [5.41, 5.74) is 0. The molecule has 0 radical (unpaired) electrons. The van der Waals surface area contributed by atoms with Crippen molar-refractivity contribution in [2.75, 3.05) is 13.2 Å². The maximum Gasteiger partial charge on any atom is 0.306 e. The van der Waals surface area contributed by atoms with Gasteiger partial charge in [0.15, 0.2) is 6.10 Å². The van der Waals surface area contributed by atoms with Crippen LogP contribution in [0.4, 0.5) is 0 Å². The molecule has 0 saturated heterocycles. The highest BCUT2D eigenvalue weighted by Crippen LogP contribution is 2.16. The molecule has 0 aromatic carbocycles. The van der Waals surface area contributed by atoms with Crippen LogP contribution in [0, 0.1) is 0 Å². The van der Waals surface area contributed by atoms with Crippen molar-refractivity contribution in [3.8, 4) is 0 Å². The van der Waals surface area contributed by atoms with Crippen LogP contribution in [0.1, 0.15) is 265 Å². The fraction of sp³-hybridized carbons (Fsp3) is 0.772. The van der Waals surface area contributed by atoms with Gasteiger partial charge in [0.05, 0.1) is 0 Å². The van der Waals surface area contributed by atoms with E-state index in [0.717, 1.165) is 109 Å². The third kappa shape index (κ3) is 50.0. The Kier molecular flexibility index (Phi) is 49.4. The summed E-state index contributed by atoms with van der Waals surface area (Å²) < 4.78 is 16.8. The van der Waals surface area contributed by atoms with Gasteiger partial charge >= 0.3 is 17.9 Å². The molecule has 0 fully saturated rings. The first-order chi connectivity index (χ1) is 31.0. The molecule has 1 atom stereocenters. The van der Waals surface area contributed by atoms with Gasteiger partial charge in [-0.1, -0.05) is 242 Å². The lowest BCUT2D eigenvalue weighted by Gasteiger charge is -2.18. The first-order valence-electron chi connectivity index (χ1n) is 26.8. The summed E-state index contributed by atoms with van der Waals surface area (Å²) in [5, 5.41) is 0. The van der Waals surface area contributed by atoms with Crippen molar-refractivity contribution in [3.63, 3.8) is 0 Å². The summed E-state index contributed by atoms with van der Waals surface area (Å²) in [7, 11) is 0. The minimum Gasteiger partial charge on any atom is -0.462 e. The van der Waals surface area contributed by atoms with E-state index >= 15 is 0 Å². The molecule has 0 aliphatic carbocycles. The Morgan fingerprint density at radius 2 is 0.619 bits per heavy atom. The van der Waals surface area contributed by atoms with Crippen molar-refractivity contribution in [3.05, 3.63) is 60.8 Å². The van der Waals surface area contributed by atoms with Crippen LogP contribution in [-0.2, 0) is 28.6 Å². The van der Waals surface area contributed by atoms with Gasteiger partial charge in [0.25, 0.3) is 0 Å². The van der Waals surface area contributed by atoms with Crippen molar-refractivity contribution in [1.82, 2.24) is 0 Å². The predicted octanol–water partition coefficient (Wildman–Crippen LogP) is 17.6. The predicted molar refractivity (Wildman–Crippen MR) is 270 cm³/mol. The first-order valence-corrected chi connectivity index (χ1v) is 26.8. The third-order valence-corrected chi connectivity index (χ3v) is 11.5. The van der Waals surface area contributed by atoms with Crippen molar-refractivity contribution in [2.45, 2.75) is 271 Å². The smallest absolute Gasteiger partial charge is 0.306 e. The van der Waals surface area contributed by atoms with E-state index in [0.29, 0.717) is 19.3 Å². The van der Waals surface area contributed by atoms with Crippen LogP contribution in [0.2, 0.25) is 0 Å². The average Bonchev–Trinajstić information content (AvgIpc) is 3.28. The summed E-state index contributed by atoms with van der Waals surface area (Å²) >= 11 is 0. The Morgan fingerprint density at radius 1 is 0.333 bits per heavy atom. The Balaban J connectivity index is 4.32. The quantitative estimate of drug-likeness (QED) is 0.0262. The van der Waals surface area contributed by atoms with Gasteiger partial charge in [0.2, 0.25) is 0 Å². The second-order valence-electron chi connectivity index (χ2n) is 17.8. The minimum absolute atomic E-state index is 0.0774. The lowest BCUT2D eigenvalue weighted by atomic mass is 10.0. The number of unbranched alkanes of at least 4 members (excludes halogenated alkanes) is 27. The topological polar surface area (TPSA) is 78.9 Å². The monoisotopic (exact) mass is 881 g/mol. The van der Waals surface area contributed by atoms with Crippen LogP contribution in [0.15, 0.2) is 60.8 Å². The van der Waals surface area contributed by atoms with E-state index in [-0.39, 0.29) is 31.1 Å². The van der Waals surface area contributed by atoms with Gasteiger partial charge in [0.1, 0.15) is 13.2 Å². The molecule has 0 aromatic rings. The zero-order chi connectivity index (χ0) is 45.8. The van der Waals surface area contributed by atoms with Crippen LogP contribution >= 0.6 is 0 Å². The van der Waals surface area contributed by atoms with Gasteiger partial charge in [-0.05, 0) is 64.2 Å². The lowest BCUT2D eigenvalue weighted by Crippen LogP contribution is -2.30. The Labute approximate surface area is 390 Å². The molecule has 0 aliphatic heterocycles. The average molecular weight is 881 g/mol. The zero-order valence-electron chi connectivity index (χ0n) is 41.6. The maximum atomic E-state index is 12.8. The minimum atomic E-state index is -0.777. The Hall–Kier alpha value is -2.89. The number of carbonyl (C=O) groups is 3. The summed E-state index contributed by atoms with van der Waals surface area (Å²) in [5.74, 6) is -0.891. The number of ether oxygens (including phenoxy) is 3. The van der Waals surface area contributed by atoms with E-state index in [2.05, 4.69) is 81.5 Å². The van der Waals surface area contributed by atoms with Gasteiger partial charge in [0, 0.05) is 19.3 Å². The molecular formula is C57H100O6. The highest BCUT2D eigenvalue weighted by Gasteiger charge is 2.19. The third-order valence-electron chi connectivity index (χ3n) is 11.5. The molecule has 1 unspecified atom stereocenters. The van der Waals surface area contributed by atoms with Crippen LogP contribution in [0.5, 0.6) is 0 Å². The molecule has 364 valence electrons. The number of esters is 3. The van der Waals surface area contributed by atoms with E-state index in [9.17, 15) is 14.4 Å². The van der Waals surface area contributed by atoms with Crippen molar-refractivity contribution in [2.24, 2.45) is 0 Å². The van der Waals surface area contributed by atoms with Gasteiger partial charge in [-0.15, -0.1) is 0 Å².